The van der Waals surface area contributed by atoms with Gasteiger partial charge in [-0.3, -0.25) is 34.2 Å². The number of carbonyl (C=O) groups excluding carboxylic acids is 5. The van der Waals surface area contributed by atoms with Gasteiger partial charge < -0.3 is 19.6 Å². The summed E-state index contributed by atoms with van der Waals surface area (Å²) in [5.41, 5.74) is 4.30. The van der Waals surface area contributed by atoms with E-state index in [0.717, 1.165) is 58.6 Å². The van der Waals surface area contributed by atoms with Gasteiger partial charge in [-0.15, -0.1) is 5.10 Å². The van der Waals surface area contributed by atoms with E-state index in [0.29, 0.717) is 44.9 Å². The largest absolute Gasteiger partial charge is 0.370 e. The molecule has 294 valence electrons. The van der Waals surface area contributed by atoms with Gasteiger partial charge in [0.05, 0.1) is 35.0 Å². The molecule has 0 radical (unpaired) electrons. The Morgan fingerprint density at radius 2 is 1.59 bits per heavy atom. The molecule has 3 aromatic heterocycles. The first kappa shape index (κ1) is 35.7. The molecular weight excluding hydrogens is 744 g/mol. The predicted molar refractivity (Wildman–Crippen MR) is 210 cm³/mol. The fourth-order valence-corrected chi connectivity index (χ4v) is 8.95. The summed E-state index contributed by atoms with van der Waals surface area (Å²) >= 11 is 0. The summed E-state index contributed by atoms with van der Waals surface area (Å²) in [5, 5.41) is 7.21. The minimum absolute atomic E-state index is 0.0363. The van der Waals surface area contributed by atoms with Gasteiger partial charge in [0.2, 0.25) is 17.7 Å². The number of rotatable bonds is 7. The molecule has 0 aliphatic carbocycles. The SMILES string of the molecule is O=C1CCC(N2C(=O)c3ccc(N4CC(C(=O)N5CCN(c6cccc(-c7cnc8ccc(N9CCCC9c9cccc(F)c9)nn78)n6)CC5)C4)cc3C2=O)C(=O)N1. The first-order valence-electron chi connectivity index (χ1n) is 19.7. The highest BCUT2D eigenvalue weighted by atomic mass is 19.1. The molecule has 2 atom stereocenters. The van der Waals surface area contributed by atoms with Crippen LogP contribution in [0.1, 0.15) is 58.0 Å². The summed E-state index contributed by atoms with van der Waals surface area (Å²) in [6.45, 7) is 4.13. The maximum absolute atomic E-state index is 14.1. The zero-order valence-corrected chi connectivity index (χ0v) is 31.5. The van der Waals surface area contributed by atoms with Crippen molar-refractivity contribution in [2.75, 3.05) is 60.5 Å². The van der Waals surface area contributed by atoms with Crippen LogP contribution in [-0.4, -0.2) is 111 Å². The molecule has 10 rings (SSSR count). The number of fused-ring (bicyclic) bond motifs is 2. The van der Waals surface area contributed by atoms with Crippen LogP contribution in [0.15, 0.2) is 79.0 Å². The van der Waals surface area contributed by atoms with Crippen molar-refractivity contribution in [2.24, 2.45) is 5.92 Å². The van der Waals surface area contributed by atoms with Crippen molar-refractivity contribution in [1.82, 2.24) is 34.7 Å². The van der Waals surface area contributed by atoms with Gasteiger partial charge in [0.15, 0.2) is 5.65 Å². The highest BCUT2D eigenvalue weighted by Crippen LogP contribution is 2.37. The third-order valence-electron chi connectivity index (χ3n) is 12.1. The smallest absolute Gasteiger partial charge is 0.262 e. The number of halogens is 1. The number of carbonyl (C=O) groups is 5. The van der Waals surface area contributed by atoms with Crippen molar-refractivity contribution >= 4 is 52.5 Å². The maximum atomic E-state index is 14.1. The van der Waals surface area contributed by atoms with E-state index in [4.69, 9.17) is 10.1 Å². The average Bonchev–Trinajstić information content (AvgIpc) is 3.94. The number of piperidine rings is 1. The maximum Gasteiger partial charge on any atom is 0.262 e. The van der Waals surface area contributed by atoms with E-state index < -0.39 is 29.7 Å². The number of hydrogen-bond donors (Lipinski definition) is 1. The zero-order valence-electron chi connectivity index (χ0n) is 31.5. The molecule has 0 bridgehead atoms. The lowest BCUT2D eigenvalue weighted by Gasteiger charge is -2.44. The molecule has 8 heterocycles. The molecule has 15 nitrogen and oxygen atoms in total. The van der Waals surface area contributed by atoms with Crippen LogP contribution in [-0.2, 0) is 14.4 Å². The highest BCUT2D eigenvalue weighted by molar-refractivity contribution is 6.23. The number of nitrogens with one attached hydrogen (secondary N) is 1. The number of hydrogen-bond acceptors (Lipinski definition) is 11. The summed E-state index contributed by atoms with van der Waals surface area (Å²) in [6.07, 6.45) is 3.83. The van der Waals surface area contributed by atoms with E-state index in [1.54, 1.807) is 36.5 Å². The molecule has 16 heteroatoms. The molecule has 4 fully saturated rings. The fourth-order valence-electron chi connectivity index (χ4n) is 8.95. The van der Waals surface area contributed by atoms with Crippen LogP contribution in [0.25, 0.3) is 17.0 Å². The summed E-state index contributed by atoms with van der Waals surface area (Å²) < 4.78 is 15.9. The zero-order chi connectivity index (χ0) is 39.7. The first-order chi connectivity index (χ1) is 28.2. The summed E-state index contributed by atoms with van der Waals surface area (Å²) in [6, 6.07) is 20.6. The quantitative estimate of drug-likeness (QED) is 0.241. The number of anilines is 3. The van der Waals surface area contributed by atoms with Crippen LogP contribution >= 0.6 is 0 Å². The van der Waals surface area contributed by atoms with Crippen molar-refractivity contribution < 1.29 is 28.4 Å². The van der Waals surface area contributed by atoms with Crippen molar-refractivity contribution in [3.05, 3.63) is 102 Å². The summed E-state index contributed by atoms with van der Waals surface area (Å²) in [5.74, 6) is -0.930. The number of amides is 5. The second-order valence-electron chi connectivity index (χ2n) is 15.5. The van der Waals surface area contributed by atoms with Gasteiger partial charge in [0.1, 0.15) is 29.2 Å². The van der Waals surface area contributed by atoms with Crippen molar-refractivity contribution in [3.63, 3.8) is 0 Å². The van der Waals surface area contributed by atoms with Crippen LogP contribution < -0.4 is 20.0 Å². The lowest BCUT2D eigenvalue weighted by molar-refractivity contribution is -0.137. The van der Waals surface area contributed by atoms with Crippen molar-refractivity contribution in [2.45, 2.75) is 37.8 Å². The Balaban J connectivity index is 0.769. The molecule has 5 aliphatic rings. The summed E-state index contributed by atoms with van der Waals surface area (Å²) in [7, 11) is 0. The fraction of sp³-hybridized carbons (Fsp3) is 0.333. The number of benzene rings is 2. The normalized spacial score (nSPS) is 21.2. The Labute approximate surface area is 332 Å². The van der Waals surface area contributed by atoms with E-state index >= 15 is 0 Å². The topological polar surface area (TPSA) is 157 Å². The summed E-state index contributed by atoms with van der Waals surface area (Å²) in [4.78, 5) is 82.9. The van der Waals surface area contributed by atoms with E-state index in [-0.39, 0.29) is 47.7 Å². The molecule has 2 unspecified atom stereocenters. The van der Waals surface area contributed by atoms with Gasteiger partial charge in [0, 0.05) is 57.9 Å². The van der Waals surface area contributed by atoms with Crippen molar-refractivity contribution in [1.29, 1.82) is 0 Å². The van der Waals surface area contributed by atoms with Gasteiger partial charge in [-0.1, -0.05) is 18.2 Å². The second-order valence-corrected chi connectivity index (χ2v) is 15.5. The molecule has 4 saturated heterocycles. The van der Waals surface area contributed by atoms with Gasteiger partial charge in [0.25, 0.3) is 11.8 Å². The Hall–Kier alpha value is -6.71. The van der Waals surface area contributed by atoms with E-state index in [9.17, 15) is 28.4 Å². The molecular formula is C42H39FN10O5. The monoisotopic (exact) mass is 782 g/mol. The third-order valence-corrected chi connectivity index (χ3v) is 12.1. The number of imidazole rings is 1. The minimum atomic E-state index is -1.02. The lowest BCUT2D eigenvalue weighted by atomic mass is 9.96. The Morgan fingerprint density at radius 1 is 0.776 bits per heavy atom. The highest BCUT2D eigenvalue weighted by Gasteiger charge is 2.45. The van der Waals surface area contributed by atoms with Crippen LogP contribution in [0.5, 0.6) is 0 Å². The Kier molecular flexibility index (Phi) is 8.64. The molecule has 5 aliphatic heterocycles. The molecule has 2 aromatic carbocycles. The van der Waals surface area contributed by atoms with Crippen molar-refractivity contribution in [3.8, 4) is 11.4 Å². The molecule has 1 N–H and O–H groups in total. The molecule has 0 saturated carbocycles. The van der Waals surface area contributed by atoms with Gasteiger partial charge in [-0.25, -0.2) is 18.9 Å². The van der Waals surface area contributed by atoms with E-state index in [1.807, 2.05) is 50.7 Å². The van der Waals surface area contributed by atoms with Crippen LogP contribution in [0.2, 0.25) is 0 Å². The molecule has 5 amide bonds. The molecule has 5 aromatic rings. The number of pyridine rings is 1. The Bertz CT molecular complexity index is 2530. The lowest BCUT2D eigenvalue weighted by Crippen LogP contribution is -2.58. The number of aromatic nitrogens is 4. The minimum Gasteiger partial charge on any atom is -0.370 e. The predicted octanol–water partition coefficient (Wildman–Crippen LogP) is 3.46. The van der Waals surface area contributed by atoms with Crippen LogP contribution in [0.4, 0.5) is 21.7 Å². The van der Waals surface area contributed by atoms with E-state index in [2.05, 4.69) is 20.1 Å². The van der Waals surface area contributed by atoms with Crippen LogP contribution in [0, 0.1) is 11.7 Å². The average molecular weight is 783 g/mol. The number of imide groups is 2. The molecule has 0 spiro atoms. The number of piperazine rings is 1. The van der Waals surface area contributed by atoms with Gasteiger partial charge in [-0.05, 0) is 79.4 Å². The van der Waals surface area contributed by atoms with Gasteiger partial charge in [-0.2, -0.15) is 0 Å². The first-order valence-corrected chi connectivity index (χ1v) is 19.7. The third kappa shape index (κ3) is 6.10. The Morgan fingerprint density at radius 3 is 2.40 bits per heavy atom. The standard InChI is InChI=1S/C42H39FN10O5/c43-27-5-1-4-25(20-27)32-7-3-15-51(32)37-13-12-35-44-22-34(53(35)47-37)31-6-2-8-36(45-31)48-16-18-49(19-17-48)40(56)26-23-50(24-26)28-9-10-29-30(21-28)42(58)52(41(29)57)33-11-14-38(54)46-39(33)55/h1-2,4-6,8-10,12-13,20-22,26,32-33H,3,7,11,14-19,23-24H2,(H,46,54,55). The van der Waals surface area contributed by atoms with E-state index in [1.165, 1.54) is 6.07 Å². The van der Waals surface area contributed by atoms with Crippen LogP contribution in [0.3, 0.4) is 0 Å². The molecule has 58 heavy (non-hydrogen) atoms. The second kappa shape index (κ2) is 14.0. The number of nitrogens with zero attached hydrogens (tertiary/aromatic N) is 9. The van der Waals surface area contributed by atoms with Gasteiger partial charge >= 0.3 is 0 Å².